The van der Waals surface area contributed by atoms with E-state index in [4.69, 9.17) is 0 Å². The molecule has 2 rings (SSSR count). The molecule has 0 atom stereocenters. The van der Waals surface area contributed by atoms with Gasteiger partial charge in [0.25, 0.3) is 0 Å². The lowest BCUT2D eigenvalue weighted by molar-refractivity contribution is -0.133. The highest BCUT2D eigenvalue weighted by Gasteiger charge is 2.25. The van der Waals surface area contributed by atoms with Gasteiger partial charge in [-0.25, -0.2) is 0 Å². The van der Waals surface area contributed by atoms with E-state index >= 15 is 0 Å². The molecule has 138 valence electrons. The SMILES string of the molecule is CN(C)CC(=O)N1CCC(N(C)CCc2ccccc2)CC1.Cl.Cl. The molecular formula is C18H31Cl2N3O. The molecule has 0 N–H and O–H groups in total. The highest BCUT2D eigenvalue weighted by atomic mass is 35.5. The van der Waals surface area contributed by atoms with Crippen LogP contribution in [-0.4, -0.2) is 74.0 Å². The van der Waals surface area contributed by atoms with Gasteiger partial charge in [-0.3, -0.25) is 4.79 Å². The number of halogens is 2. The molecule has 1 aliphatic heterocycles. The van der Waals surface area contributed by atoms with E-state index in [0.717, 1.165) is 38.9 Å². The van der Waals surface area contributed by atoms with Gasteiger partial charge in [0, 0.05) is 25.7 Å². The van der Waals surface area contributed by atoms with E-state index in [1.165, 1.54) is 5.56 Å². The van der Waals surface area contributed by atoms with Crippen molar-refractivity contribution in [2.24, 2.45) is 0 Å². The zero-order chi connectivity index (χ0) is 15.9. The van der Waals surface area contributed by atoms with Crippen molar-refractivity contribution in [2.45, 2.75) is 25.3 Å². The number of likely N-dealkylation sites (N-methyl/N-ethyl adjacent to an activating group) is 2. The van der Waals surface area contributed by atoms with Crippen LogP contribution in [0.25, 0.3) is 0 Å². The molecule has 0 aliphatic carbocycles. The Morgan fingerprint density at radius 1 is 1.08 bits per heavy atom. The third kappa shape index (κ3) is 7.39. The van der Waals surface area contributed by atoms with E-state index in [2.05, 4.69) is 42.3 Å². The van der Waals surface area contributed by atoms with Crippen molar-refractivity contribution >= 4 is 30.7 Å². The number of benzene rings is 1. The number of carbonyl (C=O) groups excluding carboxylic acids is 1. The van der Waals surface area contributed by atoms with Gasteiger partial charge in [-0.05, 0) is 46.0 Å². The van der Waals surface area contributed by atoms with Crippen molar-refractivity contribution in [1.82, 2.24) is 14.7 Å². The average Bonchev–Trinajstić information content (AvgIpc) is 2.53. The molecule has 0 aromatic heterocycles. The summed E-state index contributed by atoms with van der Waals surface area (Å²) in [6.45, 7) is 3.40. The van der Waals surface area contributed by atoms with Gasteiger partial charge in [0.1, 0.15) is 0 Å². The zero-order valence-corrected chi connectivity index (χ0v) is 16.6. The smallest absolute Gasteiger partial charge is 0.236 e. The molecule has 0 bridgehead atoms. The van der Waals surface area contributed by atoms with E-state index in [9.17, 15) is 4.79 Å². The van der Waals surface area contributed by atoms with Crippen LogP contribution in [0.5, 0.6) is 0 Å². The number of hydrogen-bond donors (Lipinski definition) is 0. The normalized spacial score (nSPS) is 15.1. The third-order valence-electron chi connectivity index (χ3n) is 4.49. The molecule has 1 saturated heterocycles. The maximum absolute atomic E-state index is 12.1. The van der Waals surface area contributed by atoms with E-state index in [-0.39, 0.29) is 30.7 Å². The summed E-state index contributed by atoms with van der Waals surface area (Å²) in [5, 5.41) is 0. The molecule has 1 aromatic rings. The number of rotatable bonds is 6. The second kappa shape index (κ2) is 11.7. The minimum atomic E-state index is 0. The summed E-state index contributed by atoms with van der Waals surface area (Å²) in [7, 11) is 6.11. The molecule has 1 heterocycles. The van der Waals surface area contributed by atoms with Crippen molar-refractivity contribution in [3.63, 3.8) is 0 Å². The van der Waals surface area contributed by atoms with Crippen molar-refractivity contribution < 1.29 is 4.79 Å². The minimum Gasteiger partial charge on any atom is -0.341 e. The molecule has 0 unspecified atom stereocenters. The highest BCUT2D eigenvalue weighted by Crippen LogP contribution is 2.16. The maximum Gasteiger partial charge on any atom is 0.236 e. The average molecular weight is 376 g/mol. The van der Waals surface area contributed by atoms with Crippen LogP contribution in [0.2, 0.25) is 0 Å². The first-order valence-corrected chi connectivity index (χ1v) is 8.23. The largest absolute Gasteiger partial charge is 0.341 e. The van der Waals surface area contributed by atoms with Crippen LogP contribution >= 0.6 is 24.8 Å². The van der Waals surface area contributed by atoms with Gasteiger partial charge in [-0.2, -0.15) is 0 Å². The highest BCUT2D eigenvalue weighted by molar-refractivity contribution is 5.85. The summed E-state index contributed by atoms with van der Waals surface area (Å²) < 4.78 is 0. The van der Waals surface area contributed by atoms with Crippen LogP contribution < -0.4 is 0 Å². The Kier molecular flexibility index (Phi) is 11.3. The van der Waals surface area contributed by atoms with Crippen molar-refractivity contribution in [2.75, 3.05) is 47.3 Å². The fourth-order valence-electron chi connectivity index (χ4n) is 3.06. The van der Waals surface area contributed by atoms with Crippen molar-refractivity contribution in [3.8, 4) is 0 Å². The molecular weight excluding hydrogens is 345 g/mol. The van der Waals surface area contributed by atoms with Crippen LogP contribution in [0.15, 0.2) is 30.3 Å². The Morgan fingerprint density at radius 3 is 2.21 bits per heavy atom. The number of likely N-dealkylation sites (tertiary alicyclic amines) is 1. The van der Waals surface area contributed by atoms with E-state index in [0.29, 0.717) is 12.6 Å². The summed E-state index contributed by atoms with van der Waals surface area (Å²) in [4.78, 5) is 18.5. The predicted molar refractivity (Wildman–Crippen MR) is 105 cm³/mol. The quantitative estimate of drug-likeness (QED) is 0.764. The zero-order valence-electron chi connectivity index (χ0n) is 15.0. The van der Waals surface area contributed by atoms with Crippen LogP contribution in [0.3, 0.4) is 0 Å². The monoisotopic (exact) mass is 375 g/mol. The summed E-state index contributed by atoms with van der Waals surface area (Å²) in [6.07, 6.45) is 3.27. The lowest BCUT2D eigenvalue weighted by Gasteiger charge is -2.37. The van der Waals surface area contributed by atoms with Gasteiger partial charge in [-0.1, -0.05) is 30.3 Å². The fourth-order valence-corrected chi connectivity index (χ4v) is 3.06. The van der Waals surface area contributed by atoms with Gasteiger partial charge in [-0.15, -0.1) is 24.8 Å². The predicted octanol–water partition coefficient (Wildman–Crippen LogP) is 2.56. The molecule has 0 saturated carbocycles. The van der Waals surface area contributed by atoms with Crippen molar-refractivity contribution in [3.05, 3.63) is 35.9 Å². The molecule has 6 heteroatoms. The molecule has 1 aromatic carbocycles. The second-order valence-electron chi connectivity index (χ2n) is 6.57. The minimum absolute atomic E-state index is 0. The van der Waals surface area contributed by atoms with E-state index in [1.807, 2.05) is 23.9 Å². The number of amides is 1. The standard InChI is InChI=1S/C18H29N3O.2ClH/c1-19(2)15-18(22)21-13-10-17(11-14-21)20(3)12-9-16-7-5-4-6-8-16;;/h4-8,17H,9-15H2,1-3H3;2*1H. The summed E-state index contributed by atoms with van der Waals surface area (Å²) in [5.74, 6) is 0.260. The molecule has 24 heavy (non-hydrogen) atoms. The molecule has 1 amide bonds. The topological polar surface area (TPSA) is 26.8 Å². The van der Waals surface area contributed by atoms with Gasteiger partial charge in [0.2, 0.25) is 5.91 Å². The fraction of sp³-hybridized carbons (Fsp3) is 0.611. The Labute approximate surface area is 159 Å². The number of carbonyl (C=O) groups is 1. The molecule has 1 fully saturated rings. The van der Waals surface area contributed by atoms with E-state index < -0.39 is 0 Å². The van der Waals surface area contributed by atoms with Gasteiger partial charge < -0.3 is 14.7 Å². The Bertz CT molecular complexity index is 463. The van der Waals surface area contributed by atoms with Crippen molar-refractivity contribution in [1.29, 1.82) is 0 Å². The first-order chi connectivity index (χ1) is 10.6. The van der Waals surface area contributed by atoms with Gasteiger partial charge >= 0.3 is 0 Å². The van der Waals surface area contributed by atoms with Gasteiger partial charge in [0.05, 0.1) is 6.54 Å². The Hall–Kier alpha value is -0.810. The first kappa shape index (κ1) is 23.2. The lowest BCUT2D eigenvalue weighted by atomic mass is 10.0. The Morgan fingerprint density at radius 2 is 1.67 bits per heavy atom. The molecule has 1 aliphatic rings. The summed E-state index contributed by atoms with van der Waals surface area (Å²) in [5.41, 5.74) is 1.40. The van der Waals surface area contributed by atoms with E-state index in [1.54, 1.807) is 0 Å². The second-order valence-corrected chi connectivity index (χ2v) is 6.57. The molecule has 0 spiro atoms. The van der Waals surface area contributed by atoms with Crippen LogP contribution in [0.1, 0.15) is 18.4 Å². The Balaban J connectivity index is 0.00000264. The lowest BCUT2D eigenvalue weighted by Crippen LogP contribution is -2.47. The molecule has 0 radical (unpaired) electrons. The summed E-state index contributed by atoms with van der Waals surface area (Å²) >= 11 is 0. The number of nitrogens with zero attached hydrogens (tertiary/aromatic N) is 3. The first-order valence-electron chi connectivity index (χ1n) is 8.23. The molecule has 4 nitrogen and oxygen atoms in total. The van der Waals surface area contributed by atoms with Gasteiger partial charge in [0.15, 0.2) is 0 Å². The maximum atomic E-state index is 12.1. The summed E-state index contributed by atoms with van der Waals surface area (Å²) in [6, 6.07) is 11.3. The third-order valence-corrected chi connectivity index (χ3v) is 4.49. The van der Waals surface area contributed by atoms with Crippen LogP contribution in [0, 0.1) is 0 Å². The number of hydrogen-bond acceptors (Lipinski definition) is 3. The van der Waals surface area contributed by atoms with Crippen LogP contribution in [-0.2, 0) is 11.2 Å². The number of piperidine rings is 1. The van der Waals surface area contributed by atoms with Crippen LogP contribution in [0.4, 0.5) is 0 Å².